The molecule has 0 unspecified atom stereocenters. The molecule has 0 aliphatic heterocycles. The molecule has 0 aliphatic carbocycles. The van der Waals surface area contributed by atoms with E-state index in [9.17, 15) is 4.79 Å². The van der Waals surface area contributed by atoms with E-state index in [-0.39, 0.29) is 0 Å². The highest BCUT2D eigenvalue weighted by molar-refractivity contribution is 7.04. The Bertz CT molecular complexity index is 519. The molecule has 0 atom stereocenters. The van der Waals surface area contributed by atoms with Gasteiger partial charge in [0, 0.05) is 10.9 Å². The predicted octanol–water partition coefficient (Wildman–Crippen LogP) is 2.94. The van der Waals surface area contributed by atoms with Crippen molar-refractivity contribution in [3.05, 3.63) is 34.7 Å². The fourth-order valence-corrected chi connectivity index (χ4v) is 2.27. The summed E-state index contributed by atoms with van der Waals surface area (Å²) in [4.78, 5) is 10.6. The van der Waals surface area contributed by atoms with Gasteiger partial charge in [-0.25, -0.2) is 0 Å². The molecule has 1 aromatic carbocycles. The second kappa shape index (κ2) is 4.45. The van der Waals surface area contributed by atoms with E-state index >= 15 is 0 Å². The Morgan fingerprint density at radius 2 is 2.19 bits per heavy atom. The van der Waals surface area contributed by atoms with Crippen LogP contribution in [0.4, 0.5) is 0 Å². The fraction of sp³-hybridized carbons (Fsp3) is 0.167. The van der Waals surface area contributed by atoms with Crippen molar-refractivity contribution in [2.24, 2.45) is 0 Å². The molecule has 0 radical (unpaired) electrons. The van der Waals surface area contributed by atoms with Gasteiger partial charge in [-0.15, -0.1) is 0 Å². The average molecular weight is 233 g/mol. The maximum absolute atomic E-state index is 10.6. The first-order chi connectivity index (χ1) is 7.76. The Hall–Kier alpha value is -1.68. The minimum Gasteiger partial charge on any atom is -0.480 e. The van der Waals surface area contributed by atoms with Gasteiger partial charge in [0.15, 0.2) is 0 Å². The highest BCUT2D eigenvalue weighted by Gasteiger charge is 2.10. The number of benzene rings is 1. The number of rotatable bonds is 3. The number of methoxy groups -OCH3 is 1. The predicted molar refractivity (Wildman–Crippen MR) is 64.2 cm³/mol. The van der Waals surface area contributed by atoms with Gasteiger partial charge in [0.2, 0.25) is 5.88 Å². The van der Waals surface area contributed by atoms with Crippen molar-refractivity contribution in [1.82, 2.24) is 4.37 Å². The van der Waals surface area contributed by atoms with Crippen molar-refractivity contribution < 1.29 is 9.53 Å². The van der Waals surface area contributed by atoms with E-state index in [2.05, 4.69) is 4.37 Å². The van der Waals surface area contributed by atoms with Crippen molar-refractivity contribution >= 4 is 17.8 Å². The van der Waals surface area contributed by atoms with Crippen molar-refractivity contribution in [2.75, 3.05) is 7.11 Å². The minimum absolute atomic E-state index is 0.631. The van der Waals surface area contributed by atoms with Gasteiger partial charge in [0.1, 0.15) is 6.29 Å². The molecule has 0 N–H and O–H groups in total. The van der Waals surface area contributed by atoms with Crippen LogP contribution in [0.3, 0.4) is 0 Å². The van der Waals surface area contributed by atoms with Gasteiger partial charge in [-0.2, -0.15) is 4.37 Å². The summed E-state index contributed by atoms with van der Waals surface area (Å²) in [6.45, 7) is 1.97. The summed E-state index contributed by atoms with van der Waals surface area (Å²) in [6, 6.07) is 5.58. The van der Waals surface area contributed by atoms with Gasteiger partial charge in [-0.1, -0.05) is 12.1 Å². The number of nitrogens with zero attached hydrogens (tertiary/aromatic N) is 1. The minimum atomic E-state index is 0.631. The van der Waals surface area contributed by atoms with Gasteiger partial charge in [0.05, 0.1) is 12.7 Å². The maximum atomic E-state index is 10.6. The van der Waals surface area contributed by atoms with Gasteiger partial charge in [-0.05, 0) is 35.6 Å². The molecule has 0 bridgehead atoms. The van der Waals surface area contributed by atoms with Crippen LogP contribution in [-0.2, 0) is 0 Å². The first-order valence-corrected chi connectivity index (χ1v) is 5.64. The number of carbonyl (C=O) groups is 1. The molecule has 0 spiro atoms. The van der Waals surface area contributed by atoms with Crippen LogP contribution in [0.2, 0.25) is 0 Å². The Balaban J connectivity index is 2.52. The molecule has 1 aromatic heterocycles. The summed E-state index contributed by atoms with van der Waals surface area (Å²) in [5, 5.41) is 1.95. The Kier molecular flexibility index (Phi) is 3.01. The lowest BCUT2D eigenvalue weighted by Gasteiger charge is -2.05. The lowest BCUT2D eigenvalue weighted by atomic mass is 10.0. The van der Waals surface area contributed by atoms with Crippen LogP contribution in [-0.4, -0.2) is 17.8 Å². The molecule has 0 fully saturated rings. The lowest BCUT2D eigenvalue weighted by molar-refractivity contribution is 0.112. The zero-order valence-electron chi connectivity index (χ0n) is 9.06. The van der Waals surface area contributed by atoms with Gasteiger partial charge < -0.3 is 4.74 Å². The Morgan fingerprint density at radius 1 is 1.38 bits per heavy atom. The van der Waals surface area contributed by atoms with Gasteiger partial charge in [0.25, 0.3) is 0 Å². The third kappa shape index (κ3) is 1.84. The Morgan fingerprint density at radius 3 is 2.81 bits per heavy atom. The van der Waals surface area contributed by atoms with Crippen LogP contribution in [0.15, 0.2) is 23.6 Å². The normalized spacial score (nSPS) is 10.1. The maximum Gasteiger partial charge on any atom is 0.232 e. The first-order valence-electron chi connectivity index (χ1n) is 4.81. The van der Waals surface area contributed by atoms with E-state index in [1.807, 2.05) is 24.4 Å². The van der Waals surface area contributed by atoms with E-state index in [0.29, 0.717) is 11.4 Å². The molecular weight excluding hydrogens is 222 g/mol. The summed E-state index contributed by atoms with van der Waals surface area (Å²) in [5.74, 6) is 0.631. The van der Waals surface area contributed by atoms with E-state index in [1.165, 1.54) is 11.5 Å². The third-order valence-electron chi connectivity index (χ3n) is 2.41. The molecule has 82 valence electrons. The highest BCUT2D eigenvalue weighted by Crippen LogP contribution is 2.32. The zero-order chi connectivity index (χ0) is 11.5. The topological polar surface area (TPSA) is 39.2 Å². The van der Waals surface area contributed by atoms with Gasteiger partial charge >= 0.3 is 0 Å². The molecule has 2 rings (SSSR count). The monoisotopic (exact) mass is 233 g/mol. The molecule has 2 aromatic rings. The summed E-state index contributed by atoms with van der Waals surface area (Å²) < 4.78 is 9.33. The molecule has 0 amide bonds. The second-order valence-electron chi connectivity index (χ2n) is 3.43. The van der Waals surface area contributed by atoms with Crippen LogP contribution in [0.5, 0.6) is 5.88 Å². The molecule has 0 saturated heterocycles. The quantitative estimate of drug-likeness (QED) is 0.765. The molecule has 0 saturated carbocycles. The largest absolute Gasteiger partial charge is 0.480 e. The highest BCUT2D eigenvalue weighted by atomic mass is 32.1. The standard InChI is InChI=1S/C12H11NO2S/c1-8-5-9(6-14)3-4-10(8)11-7-16-13-12(11)15-2/h3-7H,1-2H3. The van der Waals surface area contributed by atoms with Crippen LogP contribution in [0.1, 0.15) is 15.9 Å². The van der Waals surface area contributed by atoms with E-state index in [4.69, 9.17) is 4.74 Å². The first kappa shape index (κ1) is 10.8. The average Bonchev–Trinajstić information content (AvgIpc) is 2.76. The molecule has 4 heteroatoms. The van der Waals surface area contributed by atoms with Crippen molar-refractivity contribution in [2.45, 2.75) is 6.92 Å². The molecule has 3 nitrogen and oxygen atoms in total. The van der Waals surface area contributed by atoms with E-state index < -0.39 is 0 Å². The zero-order valence-corrected chi connectivity index (χ0v) is 9.88. The fourth-order valence-electron chi connectivity index (χ4n) is 1.61. The number of hydrogen-bond acceptors (Lipinski definition) is 4. The summed E-state index contributed by atoms with van der Waals surface area (Å²) in [6.07, 6.45) is 0.847. The van der Waals surface area contributed by atoms with Crippen LogP contribution < -0.4 is 4.74 Å². The number of aldehydes is 1. The van der Waals surface area contributed by atoms with Crippen molar-refractivity contribution in [1.29, 1.82) is 0 Å². The van der Waals surface area contributed by atoms with E-state index in [0.717, 1.165) is 23.0 Å². The molecule has 0 aliphatic rings. The number of carbonyl (C=O) groups excluding carboxylic acids is 1. The smallest absolute Gasteiger partial charge is 0.232 e. The number of aromatic nitrogens is 1. The Labute approximate surface area is 97.9 Å². The third-order valence-corrected chi connectivity index (χ3v) is 3.02. The van der Waals surface area contributed by atoms with Gasteiger partial charge in [-0.3, -0.25) is 4.79 Å². The van der Waals surface area contributed by atoms with Crippen LogP contribution in [0.25, 0.3) is 11.1 Å². The lowest BCUT2D eigenvalue weighted by Crippen LogP contribution is -1.89. The molecular formula is C12H11NO2S. The van der Waals surface area contributed by atoms with E-state index in [1.54, 1.807) is 13.2 Å². The number of ether oxygens (including phenoxy) is 1. The molecule has 16 heavy (non-hydrogen) atoms. The van der Waals surface area contributed by atoms with Crippen molar-refractivity contribution in [3.8, 4) is 17.0 Å². The number of aryl methyl sites for hydroxylation is 1. The second-order valence-corrected chi connectivity index (χ2v) is 4.06. The number of hydrogen-bond donors (Lipinski definition) is 0. The summed E-state index contributed by atoms with van der Waals surface area (Å²) in [7, 11) is 1.60. The summed E-state index contributed by atoms with van der Waals surface area (Å²) in [5.41, 5.74) is 3.75. The SMILES string of the molecule is COc1nscc1-c1ccc(C=O)cc1C. The molecule has 1 heterocycles. The van der Waals surface area contributed by atoms with Crippen LogP contribution >= 0.6 is 11.5 Å². The summed E-state index contributed by atoms with van der Waals surface area (Å²) >= 11 is 1.36. The van der Waals surface area contributed by atoms with Crippen molar-refractivity contribution in [3.63, 3.8) is 0 Å². The van der Waals surface area contributed by atoms with Crippen LogP contribution in [0, 0.1) is 6.92 Å².